The molecule has 0 aliphatic rings. The van der Waals surface area contributed by atoms with E-state index in [4.69, 9.17) is 15.2 Å². The zero-order chi connectivity index (χ0) is 11.6. The van der Waals surface area contributed by atoms with E-state index in [1.807, 2.05) is 13.8 Å². The van der Waals surface area contributed by atoms with Gasteiger partial charge in [-0.1, -0.05) is 0 Å². The second kappa shape index (κ2) is 9.23. The van der Waals surface area contributed by atoms with Gasteiger partial charge in [0.2, 0.25) is 0 Å². The molecular formula is C6H15BF4NO2-. The summed E-state index contributed by atoms with van der Waals surface area (Å²) in [6.07, 6.45) is -0.208. The van der Waals surface area contributed by atoms with Gasteiger partial charge in [0.1, 0.15) is 0 Å². The van der Waals surface area contributed by atoms with Crippen molar-refractivity contribution in [2.75, 3.05) is 19.8 Å². The van der Waals surface area contributed by atoms with Crippen molar-refractivity contribution in [2.45, 2.75) is 20.1 Å². The van der Waals surface area contributed by atoms with Crippen molar-refractivity contribution in [3.8, 4) is 0 Å². The molecule has 0 aromatic rings. The first-order valence-corrected chi connectivity index (χ1v) is 4.15. The number of rotatable bonds is 5. The summed E-state index contributed by atoms with van der Waals surface area (Å²) in [4.78, 5) is 0. The van der Waals surface area contributed by atoms with Crippen LogP contribution in [0.2, 0.25) is 0 Å². The van der Waals surface area contributed by atoms with E-state index in [9.17, 15) is 17.3 Å². The van der Waals surface area contributed by atoms with Gasteiger partial charge in [0.05, 0.1) is 0 Å². The Bertz CT molecular complexity index is 113. The second-order valence-electron chi connectivity index (χ2n) is 2.07. The van der Waals surface area contributed by atoms with Crippen LogP contribution in [0.4, 0.5) is 17.3 Å². The molecular weight excluding hydrogens is 205 g/mol. The molecule has 3 nitrogen and oxygen atoms in total. The summed E-state index contributed by atoms with van der Waals surface area (Å²) in [7, 11) is -6.00. The number of nitrogens with two attached hydrogens (primary N) is 1. The summed E-state index contributed by atoms with van der Waals surface area (Å²) < 4.78 is 49.2. The summed E-state index contributed by atoms with van der Waals surface area (Å²) in [6.45, 7) is 5.58. The largest absolute Gasteiger partial charge is 0.673 e. The van der Waals surface area contributed by atoms with Gasteiger partial charge in [-0.25, -0.2) is 0 Å². The van der Waals surface area contributed by atoms with Crippen LogP contribution in [-0.2, 0) is 9.47 Å². The normalized spacial score (nSPS) is 11.1. The van der Waals surface area contributed by atoms with Crippen molar-refractivity contribution in [1.82, 2.24) is 0 Å². The molecule has 0 saturated carbocycles. The predicted octanol–water partition coefficient (Wildman–Crippen LogP) is 1.64. The first kappa shape index (κ1) is 16.1. The maximum Gasteiger partial charge on any atom is 0.673 e. The van der Waals surface area contributed by atoms with Crippen LogP contribution in [0.5, 0.6) is 0 Å². The van der Waals surface area contributed by atoms with E-state index in [0.29, 0.717) is 19.8 Å². The molecule has 2 N–H and O–H groups in total. The fraction of sp³-hybridized carbons (Fsp3) is 1.00. The third-order valence-corrected chi connectivity index (χ3v) is 0.898. The quantitative estimate of drug-likeness (QED) is 0.435. The average Bonchev–Trinajstić information content (AvgIpc) is 2.01. The van der Waals surface area contributed by atoms with E-state index >= 15 is 0 Å². The van der Waals surface area contributed by atoms with E-state index in [2.05, 4.69) is 0 Å². The first-order chi connectivity index (χ1) is 6.35. The Morgan fingerprint density at radius 2 is 1.36 bits per heavy atom. The fourth-order valence-corrected chi connectivity index (χ4v) is 0.556. The highest BCUT2D eigenvalue weighted by molar-refractivity contribution is 6.50. The van der Waals surface area contributed by atoms with E-state index < -0.39 is 7.25 Å². The average molecular weight is 220 g/mol. The number of halogens is 4. The summed E-state index contributed by atoms with van der Waals surface area (Å²) in [5.74, 6) is 0. The molecule has 0 unspecified atom stereocenters. The lowest BCUT2D eigenvalue weighted by Gasteiger charge is -2.13. The van der Waals surface area contributed by atoms with Crippen LogP contribution in [0, 0.1) is 0 Å². The zero-order valence-electron chi connectivity index (χ0n) is 8.18. The van der Waals surface area contributed by atoms with Gasteiger partial charge in [-0.05, 0) is 13.8 Å². The minimum atomic E-state index is -6.00. The van der Waals surface area contributed by atoms with Gasteiger partial charge >= 0.3 is 7.25 Å². The highest BCUT2D eigenvalue weighted by atomic mass is 19.5. The minimum absolute atomic E-state index is 0.208. The van der Waals surface area contributed by atoms with Gasteiger partial charge in [0.15, 0.2) is 6.29 Å². The summed E-state index contributed by atoms with van der Waals surface area (Å²) >= 11 is 0. The van der Waals surface area contributed by atoms with Crippen LogP contribution in [0.1, 0.15) is 13.8 Å². The van der Waals surface area contributed by atoms with Crippen molar-refractivity contribution >= 4 is 7.25 Å². The number of hydrogen-bond acceptors (Lipinski definition) is 3. The summed E-state index contributed by atoms with van der Waals surface area (Å²) in [5, 5.41) is 0. The maximum atomic E-state index is 9.75. The lowest BCUT2D eigenvalue weighted by Crippen LogP contribution is -2.26. The van der Waals surface area contributed by atoms with Gasteiger partial charge < -0.3 is 32.5 Å². The summed E-state index contributed by atoms with van der Waals surface area (Å²) in [5.41, 5.74) is 5.29. The molecule has 0 aliphatic heterocycles. The highest BCUT2D eigenvalue weighted by Gasteiger charge is 2.20. The van der Waals surface area contributed by atoms with Gasteiger partial charge in [-0.3, -0.25) is 0 Å². The molecule has 0 atom stereocenters. The predicted molar refractivity (Wildman–Crippen MR) is 46.3 cm³/mol. The molecule has 0 spiro atoms. The van der Waals surface area contributed by atoms with E-state index in [-0.39, 0.29) is 6.29 Å². The van der Waals surface area contributed by atoms with Crippen LogP contribution < -0.4 is 5.73 Å². The Kier molecular flexibility index (Phi) is 10.6. The van der Waals surface area contributed by atoms with Crippen molar-refractivity contribution < 1.29 is 26.7 Å². The molecule has 88 valence electrons. The van der Waals surface area contributed by atoms with E-state index in [0.717, 1.165) is 0 Å². The SMILES string of the molecule is CCOC(CN)OCC.F[B-](F)(F)F. The van der Waals surface area contributed by atoms with Crippen molar-refractivity contribution in [3.05, 3.63) is 0 Å². The van der Waals surface area contributed by atoms with E-state index in [1.165, 1.54) is 0 Å². The smallest absolute Gasteiger partial charge is 0.418 e. The topological polar surface area (TPSA) is 44.5 Å². The van der Waals surface area contributed by atoms with Gasteiger partial charge in [-0.15, -0.1) is 0 Å². The minimum Gasteiger partial charge on any atom is -0.418 e. The van der Waals surface area contributed by atoms with Gasteiger partial charge in [0.25, 0.3) is 0 Å². The number of ether oxygens (including phenoxy) is 2. The van der Waals surface area contributed by atoms with Crippen molar-refractivity contribution in [1.29, 1.82) is 0 Å². The molecule has 8 heteroatoms. The Morgan fingerprint density at radius 3 is 1.50 bits per heavy atom. The molecule has 0 aromatic carbocycles. The van der Waals surface area contributed by atoms with Crippen LogP contribution in [0.25, 0.3) is 0 Å². The first-order valence-electron chi connectivity index (χ1n) is 4.15. The Morgan fingerprint density at radius 1 is 1.07 bits per heavy atom. The fourth-order valence-electron chi connectivity index (χ4n) is 0.556. The molecule has 0 saturated heterocycles. The van der Waals surface area contributed by atoms with Gasteiger partial charge in [0, 0.05) is 19.8 Å². The van der Waals surface area contributed by atoms with E-state index in [1.54, 1.807) is 0 Å². The molecule has 0 rings (SSSR count). The molecule has 14 heavy (non-hydrogen) atoms. The van der Waals surface area contributed by atoms with Crippen LogP contribution in [0.15, 0.2) is 0 Å². The third kappa shape index (κ3) is 22.6. The Hall–Kier alpha value is -0.335. The molecule has 0 amide bonds. The Labute approximate surface area is 80.7 Å². The third-order valence-electron chi connectivity index (χ3n) is 0.898. The molecule has 0 radical (unpaired) electrons. The monoisotopic (exact) mass is 220 g/mol. The zero-order valence-corrected chi connectivity index (χ0v) is 8.18. The second-order valence-corrected chi connectivity index (χ2v) is 2.07. The highest BCUT2D eigenvalue weighted by Crippen LogP contribution is 2.06. The molecule has 0 bridgehead atoms. The lowest BCUT2D eigenvalue weighted by atomic mass is 10.3. The van der Waals surface area contributed by atoms with Crippen molar-refractivity contribution in [2.24, 2.45) is 5.73 Å². The van der Waals surface area contributed by atoms with Gasteiger partial charge in [-0.2, -0.15) is 0 Å². The molecule has 0 fully saturated rings. The van der Waals surface area contributed by atoms with Crippen molar-refractivity contribution in [3.63, 3.8) is 0 Å². The molecule has 0 aromatic heterocycles. The van der Waals surface area contributed by atoms with Crippen LogP contribution in [-0.4, -0.2) is 33.3 Å². The van der Waals surface area contributed by atoms with Crippen LogP contribution >= 0.6 is 0 Å². The maximum absolute atomic E-state index is 9.75. The molecule has 0 aliphatic carbocycles. The Balaban J connectivity index is 0. The summed E-state index contributed by atoms with van der Waals surface area (Å²) in [6, 6.07) is 0. The standard InChI is InChI=1S/C6H15NO2.BF4/c1-3-8-6(5-7)9-4-2;2-1(3,4)5/h6H,3-5,7H2,1-2H3;/q;-1. The van der Waals surface area contributed by atoms with Crippen LogP contribution in [0.3, 0.4) is 0 Å². The number of hydrogen-bond donors (Lipinski definition) is 1. The lowest BCUT2D eigenvalue weighted by molar-refractivity contribution is -0.128. The molecule has 0 heterocycles.